The third kappa shape index (κ3) is 4.22. The highest BCUT2D eigenvalue weighted by molar-refractivity contribution is 5.30. The first kappa shape index (κ1) is 15.3. The summed E-state index contributed by atoms with van der Waals surface area (Å²) in [5.41, 5.74) is 1.39. The molecule has 0 heterocycles. The van der Waals surface area contributed by atoms with Crippen molar-refractivity contribution >= 4 is 0 Å². The standard InChI is InChI=1S/C17H28N2O/c1-13(2)19(3)12-11-18-17(14-5-6-14)15-7-9-16(20-4)10-8-15/h7-10,13-14,17-18H,5-6,11-12H2,1-4H3. The number of rotatable bonds is 8. The van der Waals surface area contributed by atoms with E-state index in [9.17, 15) is 0 Å². The lowest BCUT2D eigenvalue weighted by atomic mass is 10.0. The molecule has 1 atom stereocenters. The van der Waals surface area contributed by atoms with Crippen molar-refractivity contribution < 1.29 is 4.74 Å². The molecule has 3 nitrogen and oxygen atoms in total. The van der Waals surface area contributed by atoms with Crippen LogP contribution in [0.5, 0.6) is 5.75 Å². The first-order valence-electron chi connectivity index (χ1n) is 7.69. The number of nitrogens with one attached hydrogen (secondary N) is 1. The van der Waals surface area contributed by atoms with Crippen LogP contribution in [0.15, 0.2) is 24.3 Å². The van der Waals surface area contributed by atoms with Crippen LogP contribution in [-0.4, -0.2) is 38.2 Å². The van der Waals surface area contributed by atoms with Gasteiger partial charge in [-0.15, -0.1) is 0 Å². The van der Waals surface area contributed by atoms with Crippen molar-refractivity contribution in [2.45, 2.75) is 38.8 Å². The molecule has 0 saturated heterocycles. The largest absolute Gasteiger partial charge is 0.497 e. The Kier molecular flexibility index (Phi) is 5.44. The van der Waals surface area contributed by atoms with Gasteiger partial charge < -0.3 is 15.0 Å². The summed E-state index contributed by atoms with van der Waals surface area (Å²) >= 11 is 0. The van der Waals surface area contributed by atoms with Gasteiger partial charge in [0.2, 0.25) is 0 Å². The molecule has 1 aliphatic carbocycles. The predicted octanol–water partition coefficient (Wildman–Crippen LogP) is 3.08. The van der Waals surface area contributed by atoms with Gasteiger partial charge in [-0.25, -0.2) is 0 Å². The molecule has 1 aromatic rings. The van der Waals surface area contributed by atoms with Gasteiger partial charge in [0.25, 0.3) is 0 Å². The van der Waals surface area contributed by atoms with Crippen molar-refractivity contribution in [2.24, 2.45) is 5.92 Å². The summed E-state index contributed by atoms with van der Waals surface area (Å²) in [7, 11) is 3.90. The van der Waals surface area contributed by atoms with Crippen LogP contribution < -0.4 is 10.1 Å². The Hall–Kier alpha value is -1.06. The Balaban J connectivity index is 1.90. The zero-order chi connectivity index (χ0) is 14.5. The van der Waals surface area contributed by atoms with E-state index in [0.29, 0.717) is 12.1 Å². The molecule has 0 spiro atoms. The minimum absolute atomic E-state index is 0.501. The summed E-state index contributed by atoms with van der Waals surface area (Å²) in [6.07, 6.45) is 2.70. The maximum atomic E-state index is 5.24. The summed E-state index contributed by atoms with van der Waals surface area (Å²) in [6.45, 7) is 6.61. The molecule has 2 rings (SSSR count). The number of methoxy groups -OCH3 is 1. The van der Waals surface area contributed by atoms with Crippen molar-refractivity contribution in [2.75, 3.05) is 27.2 Å². The average Bonchev–Trinajstić information content (AvgIpc) is 3.28. The number of nitrogens with zero attached hydrogens (tertiary/aromatic N) is 1. The zero-order valence-corrected chi connectivity index (χ0v) is 13.2. The Morgan fingerprint density at radius 1 is 1.25 bits per heavy atom. The lowest BCUT2D eigenvalue weighted by Crippen LogP contribution is -2.35. The molecule has 0 aliphatic heterocycles. The van der Waals surface area contributed by atoms with E-state index in [2.05, 4.69) is 55.4 Å². The Bertz CT molecular complexity index is 398. The summed E-state index contributed by atoms with van der Waals surface area (Å²) in [4.78, 5) is 2.38. The molecule has 0 amide bonds. The second-order valence-electron chi connectivity index (χ2n) is 6.12. The lowest BCUT2D eigenvalue weighted by molar-refractivity contribution is 0.266. The van der Waals surface area contributed by atoms with Crippen molar-refractivity contribution in [1.82, 2.24) is 10.2 Å². The molecule has 1 N–H and O–H groups in total. The Labute approximate surface area is 123 Å². The molecule has 0 aromatic heterocycles. The van der Waals surface area contributed by atoms with Gasteiger partial charge in [0.1, 0.15) is 5.75 Å². The molecule has 1 fully saturated rings. The molecule has 3 heteroatoms. The molecule has 1 aromatic carbocycles. The summed E-state index contributed by atoms with van der Waals surface area (Å²) in [5, 5.41) is 3.74. The van der Waals surface area contributed by atoms with Crippen molar-refractivity contribution in [3.8, 4) is 5.75 Å². The molecular weight excluding hydrogens is 248 g/mol. The fourth-order valence-corrected chi connectivity index (χ4v) is 2.45. The first-order chi connectivity index (χ1) is 9.61. The monoisotopic (exact) mass is 276 g/mol. The topological polar surface area (TPSA) is 24.5 Å². The van der Waals surface area contributed by atoms with Crippen LogP contribution >= 0.6 is 0 Å². The molecule has 0 radical (unpaired) electrons. The fourth-order valence-electron chi connectivity index (χ4n) is 2.45. The van der Waals surface area contributed by atoms with Gasteiger partial charge in [0, 0.05) is 25.2 Å². The highest BCUT2D eigenvalue weighted by atomic mass is 16.5. The first-order valence-corrected chi connectivity index (χ1v) is 7.69. The molecule has 20 heavy (non-hydrogen) atoms. The number of hydrogen-bond donors (Lipinski definition) is 1. The van der Waals surface area contributed by atoms with Crippen LogP contribution in [0.1, 0.15) is 38.3 Å². The maximum absolute atomic E-state index is 5.24. The van der Waals surface area contributed by atoms with E-state index in [-0.39, 0.29) is 0 Å². The molecule has 1 aliphatic rings. The van der Waals surface area contributed by atoms with Gasteiger partial charge in [0.05, 0.1) is 7.11 Å². The molecular formula is C17H28N2O. The predicted molar refractivity (Wildman–Crippen MR) is 84.2 cm³/mol. The lowest BCUT2D eigenvalue weighted by Gasteiger charge is -2.24. The van der Waals surface area contributed by atoms with Gasteiger partial charge in [-0.3, -0.25) is 0 Å². The average molecular weight is 276 g/mol. The number of hydrogen-bond acceptors (Lipinski definition) is 3. The van der Waals surface area contributed by atoms with E-state index < -0.39 is 0 Å². The SMILES string of the molecule is COc1ccc(C(NCCN(C)C(C)C)C2CC2)cc1. The maximum Gasteiger partial charge on any atom is 0.118 e. The number of likely N-dealkylation sites (N-methyl/N-ethyl adjacent to an activating group) is 1. The minimum atomic E-state index is 0.501. The van der Waals surface area contributed by atoms with Crippen LogP contribution in [0.4, 0.5) is 0 Å². The Morgan fingerprint density at radius 3 is 2.40 bits per heavy atom. The summed E-state index contributed by atoms with van der Waals surface area (Å²) < 4.78 is 5.24. The second-order valence-corrected chi connectivity index (χ2v) is 6.12. The van der Waals surface area contributed by atoms with Crippen molar-refractivity contribution in [1.29, 1.82) is 0 Å². The van der Waals surface area contributed by atoms with E-state index in [1.807, 2.05) is 0 Å². The van der Waals surface area contributed by atoms with E-state index in [0.717, 1.165) is 24.8 Å². The van der Waals surface area contributed by atoms with Crippen LogP contribution in [-0.2, 0) is 0 Å². The molecule has 112 valence electrons. The minimum Gasteiger partial charge on any atom is -0.497 e. The van der Waals surface area contributed by atoms with Crippen LogP contribution in [0.25, 0.3) is 0 Å². The van der Waals surface area contributed by atoms with Crippen molar-refractivity contribution in [3.63, 3.8) is 0 Å². The summed E-state index contributed by atoms with van der Waals surface area (Å²) in [6, 6.07) is 9.62. The van der Waals surface area contributed by atoms with E-state index >= 15 is 0 Å². The van der Waals surface area contributed by atoms with Crippen molar-refractivity contribution in [3.05, 3.63) is 29.8 Å². The Morgan fingerprint density at radius 2 is 1.90 bits per heavy atom. The highest BCUT2D eigenvalue weighted by Gasteiger charge is 2.31. The normalized spacial score (nSPS) is 16.7. The number of ether oxygens (including phenoxy) is 1. The quantitative estimate of drug-likeness (QED) is 0.789. The van der Waals surface area contributed by atoms with E-state index in [4.69, 9.17) is 4.74 Å². The van der Waals surface area contributed by atoms with Crippen LogP contribution in [0.2, 0.25) is 0 Å². The van der Waals surface area contributed by atoms with Gasteiger partial charge in [-0.05, 0) is 57.4 Å². The third-order valence-corrected chi connectivity index (χ3v) is 4.28. The molecule has 1 unspecified atom stereocenters. The zero-order valence-electron chi connectivity index (χ0n) is 13.2. The number of benzene rings is 1. The van der Waals surface area contributed by atoms with Crippen LogP contribution in [0.3, 0.4) is 0 Å². The molecule has 1 saturated carbocycles. The smallest absolute Gasteiger partial charge is 0.118 e. The highest BCUT2D eigenvalue weighted by Crippen LogP contribution is 2.41. The van der Waals surface area contributed by atoms with Gasteiger partial charge in [-0.1, -0.05) is 12.1 Å². The van der Waals surface area contributed by atoms with Gasteiger partial charge >= 0.3 is 0 Å². The molecule has 0 bridgehead atoms. The third-order valence-electron chi connectivity index (χ3n) is 4.28. The van der Waals surface area contributed by atoms with Gasteiger partial charge in [-0.2, -0.15) is 0 Å². The fraction of sp³-hybridized carbons (Fsp3) is 0.647. The van der Waals surface area contributed by atoms with E-state index in [1.54, 1.807) is 7.11 Å². The van der Waals surface area contributed by atoms with E-state index in [1.165, 1.54) is 18.4 Å². The summed E-state index contributed by atoms with van der Waals surface area (Å²) in [5.74, 6) is 1.75. The second kappa shape index (κ2) is 7.09. The van der Waals surface area contributed by atoms with Gasteiger partial charge in [0.15, 0.2) is 0 Å². The van der Waals surface area contributed by atoms with Crippen LogP contribution in [0, 0.1) is 5.92 Å².